The molecule has 0 aliphatic heterocycles. The van der Waals surface area contributed by atoms with Crippen molar-refractivity contribution in [3.8, 4) is 5.69 Å². The first kappa shape index (κ1) is 15.2. The largest absolute Gasteiger partial charge is 0.366 e. The highest BCUT2D eigenvalue weighted by Crippen LogP contribution is 2.23. The first-order valence-electron chi connectivity index (χ1n) is 6.90. The predicted octanol–water partition coefficient (Wildman–Crippen LogP) is 2.17. The number of halogens is 1. The number of amides is 1. The fraction of sp³-hybridized carbons (Fsp3) is 0.333. The Labute approximate surface area is 123 Å². The van der Waals surface area contributed by atoms with Crippen LogP contribution in [0.3, 0.4) is 0 Å². The molecule has 0 aliphatic rings. The maximum atomic E-state index is 13.5. The van der Waals surface area contributed by atoms with Crippen molar-refractivity contribution in [3.63, 3.8) is 0 Å². The molecule has 0 radical (unpaired) electrons. The minimum Gasteiger partial charge on any atom is -0.366 e. The zero-order chi connectivity index (χ0) is 15.4. The van der Waals surface area contributed by atoms with Gasteiger partial charge >= 0.3 is 0 Å². The molecule has 0 saturated heterocycles. The molecule has 1 unspecified atom stereocenters. The second-order valence-electron chi connectivity index (χ2n) is 4.92. The summed E-state index contributed by atoms with van der Waals surface area (Å²) in [5, 5.41) is 7.44. The molecule has 3 N–H and O–H groups in total. The van der Waals surface area contributed by atoms with Gasteiger partial charge in [0.25, 0.3) is 5.91 Å². The van der Waals surface area contributed by atoms with Crippen LogP contribution in [-0.4, -0.2) is 22.2 Å². The summed E-state index contributed by atoms with van der Waals surface area (Å²) in [6.45, 7) is 4.87. The topological polar surface area (TPSA) is 72.9 Å². The third-order valence-corrected chi connectivity index (χ3v) is 3.27. The smallest absolute Gasteiger partial charge is 0.251 e. The van der Waals surface area contributed by atoms with Gasteiger partial charge in [-0.15, -0.1) is 0 Å². The number of hydrogen-bond donors (Lipinski definition) is 2. The molecule has 1 aromatic carbocycles. The highest BCUT2D eigenvalue weighted by molar-refractivity contribution is 5.92. The Morgan fingerprint density at radius 3 is 2.90 bits per heavy atom. The number of nitrogens with zero attached hydrogens (tertiary/aromatic N) is 2. The number of primary amides is 1. The van der Waals surface area contributed by atoms with Crippen molar-refractivity contribution in [2.24, 2.45) is 5.73 Å². The Morgan fingerprint density at radius 2 is 2.29 bits per heavy atom. The van der Waals surface area contributed by atoms with Crippen LogP contribution in [0.5, 0.6) is 0 Å². The van der Waals surface area contributed by atoms with Gasteiger partial charge in [0.15, 0.2) is 0 Å². The number of hydrogen-bond acceptors (Lipinski definition) is 3. The van der Waals surface area contributed by atoms with Gasteiger partial charge in [0.1, 0.15) is 5.82 Å². The molecular weight excluding hydrogens is 271 g/mol. The monoisotopic (exact) mass is 290 g/mol. The van der Waals surface area contributed by atoms with Crippen LogP contribution in [0.15, 0.2) is 30.6 Å². The van der Waals surface area contributed by atoms with Gasteiger partial charge in [-0.25, -0.2) is 9.07 Å². The Balaban J connectivity index is 2.39. The molecule has 112 valence electrons. The van der Waals surface area contributed by atoms with Crippen LogP contribution in [0.1, 0.15) is 42.2 Å². The zero-order valence-corrected chi connectivity index (χ0v) is 12.1. The number of benzene rings is 1. The molecule has 0 aliphatic carbocycles. The maximum Gasteiger partial charge on any atom is 0.251 e. The second kappa shape index (κ2) is 6.49. The lowest BCUT2D eigenvalue weighted by atomic mass is 10.1. The van der Waals surface area contributed by atoms with Crippen molar-refractivity contribution in [1.82, 2.24) is 15.1 Å². The number of nitrogens with two attached hydrogens (primary N) is 1. The van der Waals surface area contributed by atoms with E-state index in [1.807, 2.05) is 6.92 Å². The number of carbonyl (C=O) groups is 1. The van der Waals surface area contributed by atoms with Gasteiger partial charge in [-0.3, -0.25) is 4.79 Å². The van der Waals surface area contributed by atoms with Crippen LogP contribution >= 0.6 is 0 Å². The lowest BCUT2D eigenvalue weighted by molar-refractivity contribution is 0.100. The Kier molecular flexibility index (Phi) is 4.70. The second-order valence-corrected chi connectivity index (χ2v) is 4.92. The SMILES string of the molecule is CCCNC(C)c1cc(F)ccc1-n1cc(C(N)=O)cn1. The van der Waals surface area contributed by atoms with Gasteiger partial charge in [-0.1, -0.05) is 6.92 Å². The summed E-state index contributed by atoms with van der Waals surface area (Å²) in [5.41, 5.74) is 7.05. The minimum atomic E-state index is -0.540. The summed E-state index contributed by atoms with van der Waals surface area (Å²) >= 11 is 0. The Hall–Kier alpha value is -2.21. The third kappa shape index (κ3) is 3.46. The van der Waals surface area contributed by atoms with Crippen molar-refractivity contribution >= 4 is 5.91 Å². The van der Waals surface area contributed by atoms with E-state index in [-0.39, 0.29) is 11.9 Å². The summed E-state index contributed by atoms with van der Waals surface area (Å²) < 4.78 is 15.1. The van der Waals surface area contributed by atoms with Gasteiger partial charge in [0.05, 0.1) is 17.4 Å². The molecule has 0 saturated carbocycles. The van der Waals surface area contributed by atoms with Crippen LogP contribution < -0.4 is 11.1 Å². The van der Waals surface area contributed by atoms with E-state index in [9.17, 15) is 9.18 Å². The van der Waals surface area contributed by atoms with Crippen molar-refractivity contribution in [2.45, 2.75) is 26.3 Å². The van der Waals surface area contributed by atoms with E-state index < -0.39 is 5.91 Å². The van der Waals surface area contributed by atoms with Gasteiger partial charge in [0, 0.05) is 12.2 Å². The highest BCUT2D eigenvalue weighted by atomic mass is 19.1. The average Bonchev–Trinajstić information content (AvgIpc) is 2.94. The van der Waals surface area contributed by atoms with Crippen LogP contribution in [0.25, 0.3) is 5.69 Å². The molecular formula is C15H19FN4O. The molecule has 2 aromatic rings. The van der Waals surface area contributed by atoms with E-state index in [0.29, 0.717) is 5.56 Å². The average molecular weight is 290 g/mol. The van der Waals surface area contributed by atoms with E-state index in [2.05, 4.69) is 17.3 Å². The molecule has 6 heteroatoms. The number of carbonyl (C=O) groups excluding carboxylic acids is 1. The van der Waals surface area contributed by atoms with E-state index in [1.165, 1.54) is 18.3 Å². The Morgan fingerprint density at radius 1 is 1.52 bits per heavy atom. The van der Waals surface area contributed by atoms with Crippen LogP contribution in [0.4, 0.5) is 4.39 Å². The number of nitrogens with one attached hydrogen (secondary N) is 1. The summed E-state index contributed by atoms with van der Waals surface area (Å²) in [6.07, 6.45) is 3.94. The molecule has 2 rings (SSSR count). The van der Waals surface area contributed by atoms with Gasteiger partial charge in [-0.05, 0) is 43.7 Å². The van der Waals surface area contributed by atoms with Gasteiger partial charge in [0.2, 0.25) is 0 Å². The summed E-state index contributed by atoms with van der Waals surface area (Å²) in [4.78, 5) is 11.2. The van der Waals surface area contributed by atoms with Crippen molar-refractivity contribution < 1.29 is 9.18 Å². The summed E-state index contributed by atoms with van der Waals surface area (Å²) in [7, 11) is 0. The lowest BCUT2D eigenvalue weighted by Crippen LogP contribution is -2.21. The van der Waals surface area contributed by atoms with Crippen LogP contribution in [0, 0.1) is 5.82 Å². The number of aromatic nitrogens is 2. The molecule has 21 heavy (non-hydrogen) atoms. The maximum absolute atomic E-state index is 13.5. The minimum absolute atomic E-state index is 0.0307. The zero-order valence-electron chi connectivity index (χ0n) is 12.1. The predicted molar refractivity (Wildman–Crippen MR) is 78.7 cm³/mol. The molecule has 1 atom stereocenters. The molecule has 0 fully saturated rings. The number of rotatable bonds is 6. The molecule has 1 amide bonds. The van der Waals surface area contributed by atoms with Crippen molar-refractivity contribution in [1.29, 1.82) is 0 Å². The standard InChI is InChI=1S/C15H19FN4O/c1-3-6-18-10(2)13-7-12(16)4-5-14(13)20-9-11(8-19-20)15(17)21/h4-5,7-10,18H,3,6H2,1-2H3,(H2,17,21). The molecule has 5 nitrogen and oxygen atoms in total. The van der Waals surface area contributed by atoms with Crippen LogP contribution in [0.2, 0.25) is 0 Å². The van der Waals surface area contributed by atoms with Crippen molar-refractivity contribution in [2.75, 3.05) is 6.54 Å². The molecule has 0 spiro atoms. The fourth-order valence-corrected chi connectivity index (χ4v) is 2.13. The lowest BCUT2D eigenvalue weighted by Gasteiger charge is -2.18. The fourth-order valence-electron chi connectivity index (χ4n) is 2.13. The Bertz CT molecular complexity index is 638. The third-order valence-electron chi connectivity index (χ3n) is 3.27. The summed E-state index contributed by atoms with van der Waals surface area (Å²) in [6, 6.07) is 4.47. The highest BCUT2D eigenvalue weighted by Gasteiger charge is 2.14. The van der Waals surface area contributed by atoms with Crippen LogP contribution in [-0.2, 0) is 0 Å². The van der Waals surface area contributed by atoms with E-state index in [4.69, 9.17) is 5.73 Å². The van der Waals surface area contributed by atoms with Gasteiger partial charge < -0.3 is 11.1 Å². The first-order valence-corrected chi connectivity index (χ1v) is 6.90. The van der Waals surface area contributed by atoms with Crippen molar-refractivity contribution in [3.05, 3.63) is 47.5 Å². The quantitative estimate of drug-likeness (QED) is 0.856. The summed E-state index contributed by atoms with van der Waals surface area (Å²) in [5.74, 6) is -0.844. The molecule has 1 aromatic heterocycles. The molecule has 1 heterocycles. The normalized spacial score (nSPS) is 12.3. The van der Waals surface area contributed by atoms with E-state index in [1.54, 1.807) is 16.9 Å². The first-order chi connectivity index (χ1) is 10.0. The molecule has 0 bridgehead atoms. The van der Waals surface area contributed by atoms with E-state index >= 15 is 0 Å². The van der Waals surface area contributed by atoms with E-state index in [0.717, 1.165) is 24.2 Å². The van der Waals surface area contributed by atoms with Gasteiger partial charge in [-0.2, -0.15) is 5.10 Å².